The van der Waals surface area contributed by atoms with Crippen LogP contribution in [0.4, 0.5) is 0 Å². The average molecular weight is 431 g/mol. The van der Waals surface area contributed by atoms with E-state index in [1.165, 1.54) is 22.5 Å². The number of benzene rings is 1. The van der Waals surface area contributed by atoms with Crippen molar-refractivity contribution in [3.05, 3.63) is 28.8 Å². The summed E-state index contributed by atoms with van der Waals surface area (Å²) in [7, 11) is -3.79. The minimum absolute atomic E-state index is 0.0321. The SMILES string of the molecule is CC(C)[C@H](C)NC(=O)COC(=O)c1ccc(Cl)c(S(=O)(=O)N2CCCCC2)c1. The summed E-state index contributed by atoms with van der Waals surface area (Å²) in [5.74, 6) is -0.942. The maximum absolute atomic E-state index is 12.9. The molecule has 156 valence electrons. The highest BCUT2D eigenvalue weighted by molar-refractivity contribution is 7.89. The molecule has 1 amide bonds. The van der Waals surface area contributed by atoms with Crippen LogP contribution in [-0.4, -0.2) is 50.3 Å². The van der Waals surface area contributed by atoms with Crippen molar-refractivity contribution in [3.8, 4) is 0 Å². The van der Waals surface area contributed by atoms with Gasteiger partial charge in [-0.2, -0.15) is 4.31 Å². The van der Waals surface area contributed by atoms with Crippen molar-refractivity contribution in [3.63, 3.8) is 0 Å². The number of hydrogen-bond acceptors (Lipinski definition) is 5. The number of halogens is 1. The molecule has 1 aromatic rings. The minimum Gasteiger partial charge on any atom is -0.452 e. The highest BCUT2D eigenvalue weighted by Gasteiger charge is 2.29. The summed E-state index contributed by atoms with van der Waals surface area (Å²) in [6.45, 7) is 6.22. The van der Waals surface area contributed by atoms with Gasteiger partial charge in [0.15, 0.2) is 6.61 Å². The van der Waals surface area contributed by atoms with E-state index in [1.807, 2.05) is 20.8 Å². The number of esters is 1. The second-order valence-electron chi connectivity index (χ2n) is 7.29. The molecule has 1 saturated heterocycles. The lowest BCUT2D eigenvalue weighted by Crippen LogP contribution is -2.38. The molecule has 1 aliphatic rings. The van der Waals surface area contributed by atoms with Crippen molar-refractivity contribution in [2.45, 2.75) is 51.0 Å². The average Bonchev–Trinajstić information content (AvgIpc) is 2.66. The van der Waals surface area contributed by atoms with Crippen LogP contribution in [0.2, 0.25) is 5.02 Å². The van der Waals surface area contributed by atoms with Gasteiger partial charge in [-0.3, -0.25) is 4.79 Å². The van der Waals surface area contributed by atoms with Gasteiger partial charge in [0.25, 0.3) is 5.91 Å². The summed E-state index contributed by atoms with van der Waals surface area (Å²) in [5.41, 5.74) is 0.0321. The molecule has 0 bridgehead atoms. The first-order valence-corrected chi connectivity index (χ1v) is 11.2. The summed E-state index contributed by atoms with van der Waals surface area (Å²) < 4.78 is 32.1. The van der Waals surface area contributed by atoms with Crippen molar-refractivity contribution in [1.29, 1.82) is 0 Å². The van der Waals surface area contributed by atoms with Crippen LogP contribution in [0.25, 0.3) is 0 Å². The third-order valence-corrected chi connectivity index (χ3v) is 7.20. The van der Waals surface area contributed by atoms with E-state index >= 15 is 0 Å². The predicted octanol–water partition coefficient (Wildman–Crippen LogP) is 2.83. The van der Waals surface area contributed by atoms with Crippen molar-refractivity contribution in [1.82, 2.24) is 9.62 Å². The Morgan fingerprint density at radius 3 is 2.43 bits per heavy atom. The minimum atomic E-state index is -3.79. The van der Waals surface area contributed by atoms with Crippen molar-refractivity contribution in [2.75, 3.05) is 19.7 Å². The van der Waals surface area contributed by atoms with Crippen LogP contribution in [0.5, 0.6) is 0 Å². The number of rotatable bonds is 7. The van der Waals surface area contributed by atoms with Crippen LogP contribution in [-0.2, 0) is 19.6 Å². The number of piperidine rings is 1. The lowest BCUT2D eigenvalue weighted by atomic mass is 10.1. The molecule has 1 heterocycles. The van der Waals surface area contributed by atoms with Gasteiger partial charge in [-0.1, -0.05) is 31.9 Å². The standard InChI is InChI=1S/C19H27ClN2O5S/c1-13(2)14(3)21-18(23)12-27-19(24)15-7-8-16(20)17(11-15)28(25,26)22-9-5-4-6-10-22/h7-8,11,13-14H,4-6,9-10,12H2,1-3H3,(H,21,23)/t14-/m0/s1. The molecule has 2 rings (SSSR count). The fourth-order valence-corrected chi connectivity index (χ4v) is 4.77. The third-order valence-electron chi connectivity index (χ3n) is 4.82. The molecule has 1 aliphatic heterocycles. The van der Waals surface area contributed by atoms with Crippen molar-refractivity contribution >= 4 is 33.5 Å². The molecule has 0 spiro atoms. The first kappa shape index (κ1) is 22.6. The summed E-state index contributed by atoms with van der Waals surface area (Å²) in [6, 6.07) is 3.90. The monoisotopic (exact) mass is 430 g/mol. The fourth-order valence-electron chi connectivity index (χ4n) is 2.75. The van der Waals surface area contributed by atoms with Gasteiger partial charge >= 0.3 is 5.97 Å². The molecule has 28 heavy (non-hydrogen) atoms. The van der Waals surface area contributed by atoms with Gasteiger partial charge in [0.2, 0.25) is 10.0 Å². The van der Waals surface area contributed by atoms with Gasteiger partial charge in [0, 0.05) is 19.1 Å². The van der Waals surface area contributed by atoms with Gasteiger partial charge in [0.1, 0.15) is 4.90 Å². The molecule has 7 nitrogen and oxygen atoms in total. The zero-order chi connectivity index (χ0) is 20.9. The molecule has 0 unspecified atom stereocenters. The Morgan fingerprint density at radius 1 is 1.18 bits per heavy atom. The van der Waals surface area contributed by atoms with Crippen LogP contribution in [0.3, 0.4) is 0 Å². The van der Waals surface area contributed by atoms with E-state index in [4.69, 9.17) is 16.3 Å². The third kappa shape index (κ3) is 5.68. The number of carbonyl (C=O) groups is 2. The molecule has 0 aliphatic carbocycles. The van der Waals surface area contributed by atoms with Gasteiger partial charge in [0.05, 0.1) is 10.6 Å². The van der Waals surface area contributed by atoms with Gasteiger partial charge in [-0.05, 0) is 43.9 Å². The molecule has 9 heteroatoms. The Hall–Kier alpha value is -1.64. The quantitative estimate of drug-likeness (QED) is 0.671. The molecule has 0 saturated carbocycles. The van der Waals surface area contributed by atoms with E-state index in [-0.39, 0.29) is 27.4 Å². The van der Waals surface area contributed by atoms with Gasteiger partial charge < -0.3 is 10.1 Å². The molecule has 1 aromatic carbocycles. The highest BCUT2D eigenvalue weighted by Crippen LogP contribution is 2.28. The number of sulfonamides is 1. The highest BCUT2D eigenvalue weighted by atomic mass is 35.5. The summed E-state index contributed by atoms with van der Waals surface area (Å²) in [5, 5.41) is 2.78. The van der Waals surface area contributed by atoms with E-state index in [2.05, 4.69) is 5.32 Å². The maximum Gasteiger partial charge on any atom is 0.338 e. The Morgan fingerprint density at radius 2 is 1.82 bits per heavy atom. The second-order valence-corrected chi connectivity index (χ2v) is 9.60. The van der Waals surface area contributed by atoms with E-state index in [1.54, 1.807) is 0 Å². The molecule has 1 N–H and O–H groups in total. The molecular weight excluding hydrogens is 404 g/mol. The number of hydrogen-bond donors (Lipinski definition) is 1. The first-order chi connectivity index (χ1) is 13.1. The number of amides is 1. The predicted molar refractivity (Wildman–Crippen MR) is 107 cm³/mol. The topological polar surface area (TPSA) is 92.8 Å². The number of nitrogens with zero attached hydrogens (tertiary/aromatic N) is 1. The van der Waals surface area contributed by atoms with Crippen LogP contribution < -0.4 is 5.32 Å². The van der Waals surface area contributed by atoms with Gasteiger partial charge in [-0.25, -0.2) is 13.2 Å². The van der Waals surface area contributed by atoms with Crippen LogP contribution in [0, 0.1) is 5.92 Å². The van der Waals surface area contributed by atoms with Gasteiger partial charge in [-0.15, -0.1) is 0 Å². The summed E-state index contributed by atoms with van der Waals surface area (Å²) >= 11 is 6.10. The van der Waals surface area contributed by atoms with E-state index in [0.29, 0.717) is 13.1 Å². The Kier molecular flexibility index (Phi) is 7.86. The van der Waals surface area contributed by atoms with Crippen LogP contribution >= 0.6 is 11.6 Å². The lowest BCUT2D eigenvalue weighted by molar-refractivity contribution is -0.125. The zero-order valence-corrected chi connectivity index (χ0v) is 18.0. The maximum atomic E-state index is 12.9. The molecule has 1 fully saturated rings. The molecule has 0 aromatic heterocycles. The second kappa shape index (κ2) is 9.71. The lowest BCUT2D eigenvalue weighted by Gasteiger charge is -2.26. The molecule has 0 radical (unpaired) electrons. The van der Waals surface area contributed by atoms with E-state index in [9.17, 15) is 18.0 Å². The Bertz CT molecular complexity index is 820. The molecule has 1 atom stereocenters. The first-order valence-electron chi connectivity index (χ1n) is 9.39. The smallest absolute Gasteiger partial charge is 0.338 e. The van der Waals surface area contributed by atoms with Crippen LogP contribution in [0.1, 0.15) is 50.4 Å². The summed E-state index contributed by atoms with van der Waals surface area (Å²) in [4.78, 5) is 24.0. The number of carbonyl (C=O) groups excluding carboxylic acids is 2. The van der Waals surface area contributed by atoms with Crippen molar-refractivity contribution in [2.24, 2.45) is 5.92 Å². The van der Waals surface area contributed by atoms with E-state index in [0.717, 1.165) is 19.3 Å². The summed E-state index contributed by atoms with van der Waals surface area (Å²) in [6.07, 6.45) is 2.58. The zero-order valence-electron chi connectivity index (χ0n) is 16.4. The Balaban J connectivity index is 2.09. The number of ether oxygens (including phenoxy) is 1. The molecular formula is C19H27ClN2O5S. The largest absolute Gasteiger partial charge is 0.452 e. The van der Waals surface area contributed by atoms with Crippen LogP contribution in [0.15, 0.2) is 23.1 Å². The van der Waals surface area contributed by atoms with Crippen molar-refractivity contribution < 1.29 is 22.7 Å². The number of nitrogens with one attached hydrogen (secondary N) is 1. The fraction of sp³-hybridized carbons (Fsp3) is 0.579. The van der Waals surface area contributed by atoms with E-state index < -0.39 is 28.5 Å². The Labute approximate surface area is 171 Å². The normalized spacial score (nSPS) is 16.6.